The Labute approximate surface area is 170 Å². The third-order valence-corrected chi connectivity index (χ3v) is 8.04. The molecule has 2 aliphatic carbocycles. The van der Waals surface area contributed by atoms with Gasteiger partial charge in [0.2, 0.25) is 0 Å². The van der Waals surface area contributed by atoms with Gasteiger partial charge < -0.3 is 19.0 Å². The molecule has 2 amide bonds. The van der Waals surface area contributed by atoms with Gasteiger partial charge >= 0.3 is 6.03 Å². The number of carbonyl (C=O) groups excluding carboxylic acids is 1. The first-order valence-corrected chi connectivity index (χ1v) is 11.5. The van der Waals surface area contributed by atoms with Gasteiger partial charge in [-0.1, -0.05) is 13.0 Å². The van der Waals surface area contributed by atoms with Crippen molar-refractivity contribution < 1.29 is 14.1 Å². The summed E-state index contributed by atoms with van der Waals surface area (Å²) in [7, 11) is -1.85. The summed E-state index contributed by atoms with van der Waals surface area (Å²) in [5, 5.41) is 13.4. The monoisotopic (exact) mass is 418 g/mol. The molecular weight excluding hydrogens is 394 g/mol. The first-order chi connectivity index (χ1) is 13.2. The van der Waals surface area contributed by atoms with Crippen LogP contribution in [-0.2, 0) is 39.7 Å². The van der Waals surface area contributed by atoms with Gasteiger partial charge in [0.05, 0.1) is 0 Å². The number of carbonyl (C=O) groups is 1. The number of thiazole rings is 1. The van der Waals surface area contributed by atoms with E-state index in [1.165, 1.54) is 28.5 Å². The van der Waals surface area contributed by atoms with Crippen molar-refractivity contribution in [3.63, 3.8) is 0 Å². The molecule has 0 spiro atoms. The maximum absolute atomic E-state index is 12.5. The van der Waals surface area contributed by atoms with E-state index in [0.717, 1.165) is 49.1 Å². The van der Waals surface area contributed by atoms with Crippen LogP contribution in [0.25, 0.3) is 0 Å². The van der Waals surface area contributed by atoms with E-state index in [2.05, 4.69) is 27.7 Å². The second kappa shape index (κ2) is 7.24. The van der Waals surface area contributed by atoms with Crippen molar-refractivity contribution in [1.29, 1.82) is 0 Å². The molecule has 2 aromatic rings. The molecule has 0 saturated carbocycles. The summed E-state index contributed by atoms with van der Waals surface area (Å²) in [5.41, 5.74) is 4.85. The summed E-state index contributed by atoms with van der Waals surface area (Å²) < 4.78 is 16.6. The minimum Gasteiger partial charge on any atom is -0.439 e. The number of aliphatic hydroxyl groups is 1. The summed E-state index contributed by atoms with van der Waals surface area (Å²) in [6.45, 7) is 5.45. The quantitative estimate of drug-likeness (QED) is 0.710. The molecule has 0 aliphatic heterocycles. The van der Waals surface area contributed by atoms with Gasteiger partial charge in [0, 0.05) is 11.9 Å². The van der Waals surface area contributed by atoms with Crippen LogP contribution in [0.5, 0.6) is 0 Å². The van der Waals surface area contributed by atoms with Crippen LogP contribution in [0.15, 0.2) is 20.8 Å². The molecule has 2 N–H and O–H groups in total. The number of anilines is 1. The average molecular weight is 419 g/mol. The number of nitrogens with one attached hydrogen (secondary N) is 1. The summed E-state index contributed by atoms with van der Waals surface area (Å²) in [6, 6.07) is 1.72. The zero-order valence-corrected chi connectivity index (χ0v) is 17.9. The molecule has 0 fully saturated rings. The number of nitrogens with zero attached hydrogens (tertiary/aromatic N) is 2. The molecule has 8 heteroatoms. The fourth-order valence-electron chi connectivity index (χ4n) is 4.06. The Bertz CT molecular complexity index is 1030. The highest BCUT2D eigenvalue weighted by Crippen LogP contribution is 2.43. The van der Waals surface area contributed by atoms with Gasteiger partial charge in [0.15, 0.2) is 0 Å². The lowest BCUT2D eigenvalue weighted by Gasteiger charge is -2.16. The predicted molar refractivity (Wildman–Crippen MR) is 110 cm³/mol. The highest BCUT2D eigenvalue weighted by atomic mass is 32.2. The lowest BCUT2D eigenvalue weighted by molar-refractivity contribution is 0.0783. The first kappa shape index (κ1) is 19.5. The molecule has 4 rings (SSSR count). The van der Waals surface area contributed by atoms with Crippen LogP contribution < -0.4 is 5.32 Å². The van der Waals surface area contributed by atoms with E-state index in [1.54, 1.807) is 13.8 Å². The lowest BCUT2D eigenvalue weighted by Crippen LogP contribution is -2.14. The largest absolute Gasteiger partial charge is 0.439 e. The number of rotatable bonds is 3. The average Bonchev–Trinajstić information content (AvgIpc) is 3.34. The minimum atomic E-state index is -1.85. The van der Waals surface area contributed by atoms with Crippen molar-refractivity contribution in [2.24, 2.45) is 4.36 Å². The third-order valence-electron chi connectivity index (χ3n) is 5.48. The maximum Gasteiger partial charge on any atom is 0.322 e. The first-order valence-electron chi connectivity index (χ1n) is 9.55. The maximum atomic E-state index is 12.5. The van der Waals surface area contributed by atoms with Gasteiger partial charge in [-0.15, -0.1) is 21.9 Å². The van der Waals surface area contributed by atoms with Crippen molar-refractivity contribution >= 4 is 33.7 Å². The van der Waals surface area contributed by atoms with Crippen LogP contribution in [0.4, 0.5) is 10.5 Å². The number of amides is 2. The molecule has 1 aromatic carbocycles. The lowest BCUT2D eigenvalue weighted by atomic mass is 9.96. The molecule has 0 radical (unpaired) electrons. The van der Waals surface area contributed by atoms with Gasteiger partial charge in [-0.05, 0) is 78.3 Å². The predicted octanol–water partition coefficient (Wildman–Crippen LogP) is 4.65. The Balaban J connectivity index is 1.61. The smallest absolute Gasteiger partial charge is 0.322 e. The summed E-state index contributed by atoms with van der Waals surface area (Å²) >= 11 is 1.10. The van der Waals surface area contributed by atoms with E-state index in [1.807, 2.05) is 0 Å². The summed E-state index contributed by atoms with van der Waals surface area (Å²) in [4.78, 5) is 16.6. The van der Waals surface area contributed by atoms with E-state index in [4.69, 9.17) is 0 Å². The Morgan fingerprint density at radius 3 is 2.86 bits per heavy atom. The zero-order valence-electron chi connectivity index (χ0n) is 16.2. The van der Waals surface area contributed by atoms with Crippen LogP contribution in [0.2, 0.25) is 0 Å². The van der Waals surface area contributed by atoms with Crippen LogP contribution in [0.3, 0.4) is 0 Å². The number of urea groups is 1. The number of hydrogen-bond acceptors (Lipinski definition) is 6. The number of hydrogen-bond donors (Lipinski definition) is 2. The number of aryl methyl sites for hydroxylation is 1. The van der Waals surface area contributed by atoms with Crippen molar-refractivity contribution in [3.8, 4) is 0 Å². The molecule has 150 valence electrons. The van der Waals surface area contributed by atoms with Gasteiger partial charge in [0.1, 0.15) is 10.6 Å². The molecule has 1 unspecified atom stereocenters. The molecule has 0 bridgehead atoms. The van der Waals surface area contributed by atoms with Crippen LogP contribution >= 0.6 is 11.3 Å². The Morgan fingerprint density at radius 2 is 2.14 bits per heavy atom. The van der Waals surface area contributed by atoms with E-state index in [0.29, 0.717) is 15.1 Å². The van der Waals surface area contributed by atoms with E-state index < -0.39 is 22.2 Å². The summed E-state index contributed by atoms with van der Waals surface area (Å²) in [5.74, 6) is 0.500. The van der Waals surface area contributed by atoms with Crippen molar-refractivity contribution in [3.05, 3.63) is 39.5 Å². The molecule has 1 heterocycles. The second-order valence-corrected chi connectivity index (χ2v) is 10.5. The zero-order chi connectivity index (χ0) is 20.1. The number of aromatic nitrogens is 1. The molecule has 0 saturated heterocycles. The number of benzene rings is 1. The van der Waals surface area contributed by atoms with E-state index >= 15 is 0 Å². The highest BCUT2D eigenvalue weighted by Gasteiger charge is 2.28. The van der Waals surface area contributed by atoms with Crippen LogP contribution in [0.1, 0.15) is 66.8 Å². The molecule has 28 heavy (non-hydrogen) atoms. The Hall–Kier alpha value is -1.77. The molecule has 1 atom stereocenters. The van der Waals surface area contributed by atoms with Gasteiger partial charge in [0.25, 0.3) is 0 Å². The molecule has 6 nitrogen and oxygen atoms in total. The minimum absolute atomic E-state index is 0.351. The van der Waals surface area contributed by atoms with E-state index in [9.17, 15) is 14.1 Å². The summed E-state index contributed by atoms with van der Waals surface area (Å²) in [6.07, 6.45) is 6.54. The van der Waals surface area contributed by atoms with Gasteiger partial charge in [-0.25, -0.2) is 9.78 Å². The van der Waals surface area contributed by atoms with Crippen molar-refractivity contribution in [2.45, 2.75) is 68.6 Å². The standard InChI is InChI=1S/C20H24N3O3S2/c1-11-7-8-14-15(11)9-12-5-4-6-13(12)17(14)22-19(24)23-28(26)16-10-21-18(27-16)20(2,3)25/h9-11,25H,4-8H2,1-3H3,(H,22,24)/q-1. The fourth-order valence-corrected chi connectivity index (χ4v) is 5.78. The van der Waals surface area contributed by atoms with Gasteiger partial charge in [-0.2, -0.15) is 0 Å². The topological polar surface area (TPSA) is 91.7 Å². The van der Waals surface area contributed by atoms with E-state index in [-0.39, 0.29) is 0 Å². The van der Waals surface area contributed by atoms with Crippen LogP contribution in [0, 0.1) is 0 Å². The SMILES string of the molecule is CC1CCc2c1cc1c(c2NC(=O)N=[S-](=O)c2cnc(C(C)(C)O)s2)CCC1. The van der Waals surface area contributed by atoms with Crippen molar-refractivity contribution in [1.82, 2.24) is 4.98 Å². The van der Waals surface area contributed by atoms with Gasteiger partial charge in [-0.3, -0.25) is 0 Å². The molecule has 1 aromatic heterocycles. The number of fused-ring (bicyclic) bond motifs is 2. The Morgan fingerprint density at radius 1 is 1.36 bits per heavy atom. The second-order valence-electron chi connectivity index (χ2n) is 8.06. The highest BCUT2D eigenvalue weighted by molar-refractivity contribution is 7.78. The Kier molecular flexibility index (Phi) is 5.05. The molecule has 2 aliphatic rings. The molecular formula is C20H24N3O3S2-. The van der Waals surface area contributed by atoms with Crippen molar-refractivity contribution in [2.75, 3.05) is 5.32 Å². The normalized spacial score (nSPS) is 19.5. The van der Waals surface area contributed by atoms with Crippen LogP contribution in [-0.4, -0.2) is 16.1 Å². The third kappa shape index (κ3) is 3.60. The fraction of sp³-hybridized carbons (Fsp3) is 0.500.